The minimum absolute atomic E-state index is 0.231. The Labute approximate surface area is 164 Å². The van der Waals surface area contributed by atoms with Gasteiger partial charge in [0.1, 0.15) is 5.82 Å². The van der Waals surface area contributed by atoms with E-state index in [1.54, 1.807) is 18.2 Å². The maximum atomic E-state index is 13.1. The van der Waals surface area contributed by atoms with Gasteiger partial charge in [0.15, 0.2) is 0 Å². The molecule has 27 heavy (non-hydrogen) atoms. The number of hydrogen-bond acceptors (Lipinski definition) is 1. The highest BCUT2D eigenvalue weighted by molar-refractivity contribution is 5.54. The van der Waals surface area contributed by atoms with Crippen LogP contribution < -0.4 is 4.90 Å². The van der Waals surface area contributed by atoms with Crippen LogP contribution in [0.3, 0.4) is 0 Å². The number of allylic oxidation sites excluding steroid dienone is 9. The van der Waals surface area contributed by atoms with Gasteiger partial charge in [-0.15, -0.1) is 0 Å². The molecule has 0 heterocycles. The van der Waals surface area contributed by atoms with Crippen molar-refractivity contribution in [1.29, 1.82) is 0 Å². The Morgan fingerprint density at radius 1 is 1.11 bits per heavy atom. The van der Waals surface area contributed by atoms with Gasteiger partial charge in [0.2, 0.25) is 0 Å². The fraction of sp³-hybridized carbons (Fsp3) is 0.280. The van der Waals surface area contributed by atoms with Crippen LogP contribution in [-0.4, -0.2) is 7.05 Å². The lowest BCUT2D eigenvalue weighted by molar-refractivity contribution is 0.628. The third-order valence-corrected chi connectivity index (χ3v) is 4.06. The molecular formula is C25H30FN. The Hall–Kier alpha value is -2.79. The molecule has 0 bridgehead atoms. The summed E-state index contributed by atoms with van der Waals surface area (Å²) in [5.41, 5.74) is 5.24. The summed E-state index contributed by atoms with van der Waals surface area (Å²) in [7, 11) is 1.97. The van der Waals surface area contributed by atoms with E-state index < -0.39 is 0 Å². The van der Waals surface area contributed by atoms with Crippen LogP contribution in [0.25, 0.3) is 0 Å². The van der Waals surface area contributed by atoms with Gasteiger partial charge in [-0.05, 0) is 57.5 Å². The fourth-order valence-electron chi connectivity index (χ4n) is 2.33. The monoisotopic (exact) mass is 363 g/mol. The fourth-order valence-corrected chi connectivity index (χ4v) is 2.33. The van der Waals surface area contributed by atoms with Crippen LogP contribution in [0.1, 0.15) is 40.5 Å². The van der Waals surface area contributed by atoms with Crippen LogP contribution in [0.15, 0.2) is 83.6 Å². The first-order chi connectivity index (χ1) is 12.9. The topological polar surface area (TPSA) is 3.24 Å². The summed E-state index contributed by atoms with van der Waals surface area (Å²) in [6, 6.07) is 6.49. The van der Waals surface area contributed by atoms with E-state index in [9.17, 15) is 4.39 Å². The van der Waals surface area contributed by atoms with Crippen molar-refractivity contribution in [3.63, 3.8) is 0 Å². The molecule has 0 spiro atoms. The SMILES string of the molecule is C=C/C=C\C=C(\C#CC(/C=C(/C)N(C)c1ccc(F)cc1)=C(C)C)CCC. The molecule has 0 unspecified atom stereocenters. The summed E-state index contributed by atoms with van der Waals surface area (Å²) >= 11 is 0. The first-order valence-corrected chi connectivity index (χ1v) is 9.24. The van der Waals surface area contributed by atoms with E-state index in [-0.39, 0.29) is 5.82 Å². The van der Waals surface area contributed by atoms with Crippen molar-refractivity contribution in [2.45, 2.75) is 40.5 Å². The molecule has 0 amide bonds. The Balaban J connectivity index is 3.12. The molecule has 0 aliphatic heterocycles. The number of hydrogen-bond donors (Lipinski definition) is 0. The van der Waals surface area contributed by atoms with Gasteiger partial charge < -0.3 is 4.90 Å². The summed E-state index contributed by atoms with van der Waals surface area (Å²) in [5.74, 6) is 6.39. The molecule has 0 N–H and O–H groups in total. The summed E-state index contributed by atoms with van der Waals surface area (Å²) in [4.78, 5) is 2.03. The standard InChI is InChI=1S/C25H30FN/c1-7-9-10-12-22(11-8-2)13-14-23(20(3)4)19-21(5)27(6)25-17-15-24(26)16-18-25/h7,9-10,12,15-19H,1,8,11H2,2-6H3/b10-9-,21-19-,22-12+. The first-order valence-electron chi connectivity index (χ1n) is 9.24. The van der Waals surface area contributed by atoms with Crippen LogP contribution in [0.4, 0.5) is 10.1 Å². The molecule has 0 atom stereocenters. The number of nitrogens with zero attached hydrogens (tertiary/aromatic N) is 1. The average Bonchev–Trinajstić information content (AvgIpc) is 2.64. The molecule has 1 aromatic carbocycles. The second-order valence-corrected chi connectivity index (χ2v) is 6.55. The lowest BCUT2D eigenvalue weighted by Crippen LogP contribution is -2.14. The molecule has 0 saturated carbocycles. The minimum Gasteiger partial charge on any atom is -0.348 e. The lowest BCUT2D eigenvalue weighted by atomic mass is 10.1. The molecule has 2 heteroatoms. The van der Waals surface area contributed by atoms with Crippen LogP contribution in [0.5, 0.6) is 0 Å². The van der Waals surface area contributed by atoms with Crippen molar-refractivity contribution in [2.75, 3.05) is 11.9 Å². The van der Waals surface area contributed by atoms with Gasteiger partial charge in [0, 0.05) is 29.6 Å². The van der Waals surface area contributed by atoms with Crippen molar-refractivity contribution >= 4 is 5.69 Å². The zero-order valence-electron chi connectivity index (χ0n) is 17.1. The first kappa shape index (κ1) is 22.3. The third-order valence-electron chi connectivity index (χ3n) is 4.06. The highest BCUT2D eigenvalue weighted by Gasteiger charge is 2.04. The van der Waals surface area contributed by atoms with Gasteiger partial charge in [-0.1, -0.05) is 61.6 Å². The van der Waals surface area contributed by atoms with E-state index in [4.69, 9.17) is 0 Å². The van der Waals surface area contributed by atoms with Crippen LogP contribution in [0.2, 0.25) is 0 Å². The van der Waals surface area contributed by atoms with Crippen molar-refractivity contribution < 1.29 is 4.39 Å². The second-order valence-electron chi connectivity index (χ2n) is 6.55. The molecule has 1 rings (SSSR count). The molecule has 0 aromatic heterocycles. The van der Waals surface area contributed by atoms with Gasteiger partial charge in [-0.2, -0.15) is 0 Å². The normalized spacial score (nSPS) is 11.8. The van der Waals surface area contributed by atoms with Crippen LogP contribution in [-0.2, 0) is 0 Å². The van der Waals surface area contributed by atoms with E-state index in [1.807, 2.05) is 37.1 Å². The van der Waals surface area contributed by atoms with Crippen LogP contribution in [0, 0.1) is 17.7 Å². The van der Waals surface area contributed by atoms with E-state index in [1.165, 1.54) is 12.1 Å². The van der Waals surface area contributed by atoms with Crippen LogP contribution >= 0.6 is 0 Å². The lowest BCUT2D eigenvalue weighted by Gasteiger charge is -2.20. The van der Waals surface area contributed by atoms with Gasteiger partial charge in [-0.3, -0.25) is 0 Å². The number of rotatable bonds is 7. The summed E-state index contributed by atoms with van der Waals surface area (Å²) in [6.07, 6.45) is 11.7. The van der Waals surface area contributed by atoms with E-state index in [0.717, 1.165) is 40.9 Å². The maximum absolute atomic E-state index is 13.1. The van der Waals surface area contributed by atoms with E-state index in [0.29, 0.717) is 0 Å². The third kappa shape index (κ3) is 7.96. The molecule has 0 radical (unpaired) electrons. The second kappa shape index (κ2) is 11.8. The molecule has 0 aliphatic rings. The Morgan fingerprint density at radius 3 is 2.33 bits per heavy atom. The van der Waals surface area contributed by atoms with Crippen molar-refractivity contribution in [1.82, 2.24) is 0 Å². The predicted molar refractivity (Wildman–Crippen MR) is 117 cm³/mol. The predicted octanol–water partition coefficient (Wildman–Crippen LogP) is 6.97. The molecule has 0 saturated heterocycles. The number of benzene rings is 1. The van der Waals surface area contributed by atoms with E-state index >= 15 is 0 Å². The average molecular weight is 364 g/mol. The van der Waals surface area contributed by atoms with Crippen molar-refractivity contribution in [2.24, 2.45) is 0 Å². The Morgan fingerprint density at radius 2 is 1.78 bits per heavy atom. The number of anilines is 1. The summed E-state index contributed by atoms with van der Waals surface area (Å²) in [6.45, 7) is 12.0. The molecular weight excluding hydrogens is 333 g/mol. The number of halogens is 1. The zero-order chi connectivity index (χ0) is 20.2. The molecule has 0 aliphatic carbocycles. The van der Waals surface area contributed by atoms with Gasteiger partial charge in [-0.25, -0.2) is 4.39 Å². The van der Waals surface area contributed by atoms with E-state index in [2.05, 4.69) is 45.3 Å². The molecule has 1 nitrogen and oxygen atoms in total. The smallest absolute Gasteiger partial charge is 0.123 e. The minimum atomic E-state index is -0.231. The Bertz CT molecular complexity index is 804. The van der Waals surface area contributed by atoms with Crippen molar-refractivity contribution in [3.8, 4) is 11.8 Å². The molecule has 142 valence electrons. The summed E-state index contributed by atoms with van der Waals surface area (Å²) in [5, 5.41) is 0. The molecule has 0 fully saturated rings. The quantitative estimate of drug-likeness (QED) is 0.373. The van der Waals surface area contributed by atoms with Gasteiger partial charge >= 0.3 is 0 Å². The summed E-state index contributed by atoms with van der Waals surface area (Å²) < 4.78 is 13.1. The molecule has 1 aromatic rings. The zero-order valence-corrected chi connectivity index (χ0v) is 17.1. The highest BCUT2D eigenvalue weighted by Crippen LogP contribution is 2.19. The van der Waals surface area contributed by atoms with Crippen molar-refractivity contribution in [3.05, 3.63) is 89.5 Å². The Kier molecular flexibility index (Phi) is 9.69. The largest absolute Gasteiger partial charge is 0.348 e. The maximum Gasteiger partial charge on any atom is 0.123 e. The van der Waals surface area contributed by atoms with Gasteiger partial charge in [0.25, 0.3) is 0 Å². The van der Waals surface area contributed by atoms with Gasteiger partial charge in [0.05, 0.1) is 0 Å². The highest BCUT2D eigenvalue weighted by atomic mass is 19.1.